The maximum absolute atomic E-state index is 5.55. The van der Waals surface area contributed by atoms with Gasteiger partial charge >= 0.3 is 0 Å². The van der Waals surface area contributed by atoms with Crippen LogP contribution in [0.1, 0.15) is 18.9 Å². The number of benzene rings is 2. The number of fused-ring (bicyclic) bond motifs is 1. The van der Waals surface area contributed by atoms with Gasteiger partial charge in [-0.05, 0) is 24.1 Å². The van der Waals surface area contributed by atoms with Crippen LogP contribution in [-0.2, 0) is 6.42 Å². The summed E-state index contributed by atoms with van der Waals surface area (Å²) in [6, 6.07) is 18.7. The van der Waals surface area contributed by atoms with E-state index >= 15 is 0 Å². The molecule has 21 heavy (non-hydrogen) atoms. The van der Waals surface area contributed by atoms with Crippen molar-refractivity contribution in [3.05, 3.63) is 60.2 Å². The zero-order valence-corrected chi connectivity index (χ0v) is 12.5. The van der Waals surface area contributed by atoms with Gasteiger partial charge in [-0.1, -0.05) is 49.7 Å². The Morgan fingerprint density at radius 3 is 2.52 bits per heavy atom. The molecular weight excluding hydrogens is 258 g/mol. The Kier molecular flexibility index (Phi) is 3.87. The summed E-state index contributed by atoms with van der Waals surface area (Å²) >= 11 is 0. The monoisotopic (exact) mass is 277 g/mol. The van der Waals surface area contributed by atoms with Crippen LogP contribution in [0.15, 0.2) is 54.6 Å². The Labute approximate surface area is 125 Å². The lowest BCUT2D eigenvalue weighted by molar-refractivity contribution is 0.419. The van der Waals surface area contributed by atoms with Gasteiger partial charge in [-0.3, -0.25) is 0 Å². The summed E-state index contributed by atoms with van der Waals surface area (Å²) in [7, 11) is 1.71. The van der Waals surface area contributed by atoms with Crippen LogP contribution in [0.4, 0.5) is 0 Å². The fourth-order valence-corrected chi connectivity index (χ4v) is 2.61. The summed E-state index contributed by atoms with van der Waals surface area (Å²) in [5.41, 5.74) is 4.39. The van der Waals surface area contributed by atoms with Gasteiger partial charge in [-0.25, -0.2) is 4.98 Å². The Hall–Kier alpha value is -2.35. The van der Waals surface area contributed by atoms with Crippen LogP contribution in [0.3, 0.4) is 0 Å². The van der Waals surface area contributed by atoms with Crippen molar-refractivity contribution in [1.29, 1.82) is 0 Å². The van der Waals surface area contributed by atoms with E-state index in [1.54, 1.807) is 7.11 Å². The number of hydrogen-bond acceptors (Lipinski definition) is 2. The summed E-state index contributed by atoms with van der Waals surface area (Å²) < 4.78 is 5.55. The maximum atomic E-state index is 5.55. The molecule has 0 bridgehead atoms. The standard InChI is InChI=1S/C19H19NO/c1-3-7-14-10-11-16-18(12-14)20-17(13-19(16)21-2)15-8-5-4-6-9-15/h4-6,8-13H,3,7H2,1-2H3. The van der Waals surface area contributed by atoms with Gasteiger partial charge in [0.15, 0.2) is 0 Å². The molecule has 106 valence electrons. The van der Waals surface area contributed by atoms with Crippen molar-refractivity contribution in [3.63, 3.8) is 0 Å². The van der Waals surface area contributed by atoms with Gasteiger partial charge in [0.25, 0.3) is 0 Å². The largest absolute Gasteiger partial charge is 0.496 e. The number of rotatable bonds is 4. The van der Waals surface area contributed by atoms with E-state index in [1.165, 1.54) is 5.56 Å². The van der Waals surface area contributed by atoms with Gasteiger partial charge in [0.1, 0.15) is 5.75 Å². The van der Waals surface area contributed by atoms with Crippen molar-refractivity contribution in [2.45, 2.75) is 19.8 Å². The van der Waals surface area contributed by atoms with E-state index in [0.717, 1.165) is 40.8 Å². The normalized spacial score (nSPS) is 10.8. The van der Waals surface area contributed by atoms with Crippen LogP contribution < -0.4 is 4.74 Å². The molecule has 0 atom stereocenters. The molecule has 2 heteroatoms. The van der Waals surface area contributed by atoms with Gasteiger partial charge in [0.2, 0.25) is 0 Å². The highest BCUT2D eigenvalue weighted by atomic mass is 16.5. The van der Waals surface area contributed by atoms with E-state index in [-0.39, 0.29) is 0 Å². The number of nitrogens with zero attached hydrogens (tertiary/aromatic N) is 1. The first-order chi connectivity index (χ1) is 10.3. The molecule has 0 amide bonds. The van der Waals surface area contributed by atoms with E-state index in [0.29, 0.717) is 0 Å². The van der Waals surface area contributed by atoms with Crippen LogP contribution >= 0.6 is 0 Å². The lowest BCUT2D eigenvalue weighted by Gasteiger charge is -2.10. The zero-order valence-electron chi connectivity index (χ0n) is 12.5. The molecule has 0 spiro atoms. The molecule has 0 radical (unpaired) electrons. The number of pyridine rings is 1. The Morgan fingerprint density at radius 1 is 1.00 bits per heavy atom. The highest BCUT2D eigenvalue weighted by molar-refractivity contribution is 5.88. The molecule has 3 rings (SSSR count). The molecule has 2 aromatic carbocycles. The van der Waals surface area contributed by atoms with E-state index in [2.05, 4.69) is 37.3 Å². The second-order valence-corrected chi connectivity index (χ2v) is 5.18. The molecule has 0 aliphatic rings. The second kappa shape index (κ2) is 5.96. The molecule has 0 fully saturated rings. The second-order valence-electron chi connectivity index (χ2n) is 5.18. The first kappa shape index (κ1) is 13.6. The zero-order chi connectivity index (χ0) is 14.7. The van der Waals surface area contributed by atoms with Gasteiger partial charge in [0.05, 0.1) is 18.3 Å². The van der Waals surface area contributed by atoms with Crippen LogP contribution in [0.2, 0.25) is 0 Å². The third-order valence-corrected chi connectivity index (χ3v) is 3.66. The Morgan fingerprint density at radius 2 is 1.81 bits per heavy atom. The van der Waals surface area contributed by atoms with Crippen molar-refractivity contribution in [2.75, 3.05) is 7.11 Å². The molecule has 1 aromatic heterocycles. The molecular formula is C19H19NO. The number of ether oxygens (including phenoxy) is 1. The molecule has 2 nitrogen and oxygen atoms in total. The first-order valence-electron chi connectivity index (χ1n) is 7.35. The fourth-order valence-electron chi connectivity index (χ4n) is 2.61. The van der Waals surface area contributed by atoms with Gasteiger partial charge in [-0.2, -0.15) is 0 Å². The average Bonchev–Trinajstić information content (AvgIpc) is 2.54. The van der Waals surface area contributed by atoms with Crippen molar-refractivity contribution in [2.24, 2.45) is 0 Å². The summed E-state index contributed by atoms with van der Waals surface area (Å²) in [4.78, 5) is 4.82. The van der Waals surface area contributed by atoms with E-state index in [9.17, 15) is 0 Å². The predicted octanol–water partition coefficient (Wildman–Crippen LogP) is 4.86. The fraction of sp³-hybridized carbons (Fsp3) is 0.211. The highest BCUT2D eigenvalue weighted by Crippen LogP contribution is 2.30. The average molecular weight is 277 g/mol. The van der Waals surface area contributed by atoms with Crippen LogP contribution in [0.25, 0.3) is 22.2 Å². The summed E-state index contributed by atoms with van der Waals surface area (Å²) in [6.07, 6.45) is 2.22. The molecule has 0 saturated heterocycles. The number of aromatic nitrogens is 1. The number of hydrogen-bond donors (Lipinski definition) is 0. The van der Waals surface area contributed by atoms with Gasteiger partial charge < -0.3 is 4.74 Å². The third kappa shape index (κ3) is 2.75. The lowest BCUT2D eigenvalue weighted by Crippen LogP contribution is -1.92. The van der Waals surface area contributed by atoms with E-state index < -0.39 is 0 Å². The topological polar surface area (TPSA) is 22.1 Å². The summed E-state index contributed by atoms with van der Waals surface area (Å²) in [5.74, 6) is 0.877. The van der Waals surface area contributed by atoms with Crippen LogP contribution in [0, 0.1) is 0 Å². The minimum atomic E-state index is 0.877. The number of aryl methyl sites for hydroxylation is 1. The van der Waals surface area contributed by atoms with Gasteiger partial charge in [-0.15, -0.1) is 0 Å². The first-order valence-corrected chi connectivity index (χ1v) is 7.35. The predicted molar refractivity (Wildman–Crippen MR) is 87.7 cm³/mol. The van der Waals surface area contributed by atoms with Crippen molar-refractivity contribution in [1.82, 2.24) is 4.98 Å². The van der Waals surface area contributed by atoms with Crippen LogP contribution in [-0.4, -0.2) is 12.1 Å². The molecule has 0 unspecified atom stereocenters. The van der Waals surface area contributed by atoms with Crippen LogP contribution in [0.5, 0.6) is 5.75 Å². The Balaban J connectivity index is 2.18. The molecule has 0 N–H and O–H groups in total. The summed E-state index contributed by atoms with van der Waals surface area (Å²) in [6.45, 7) is 2.19. The van der Waals surface area contributed by atoms with Crippen molar-refractivity contribution >= 4 is 10.9 Å². The van der Waals surface area contributed by atoms with Crippen molar-refractivity contribution in [3.8, 4) is 17.0 Å². The maximum Gasteiger partial charge on any atom is 0.130 e. The molecule has 1 heterocycles. The molecule has 0 aliphatic carbocycles. The van der Waals surface area contributed by atoms with E-state index in [1.807, 2.05) is 24.3 Å². The molecule has 0 saturated carbocycles. The summed E-state index contributed by atoms with van der Waals surface area (Å²) in [5, 5.41) is 1.07. The SMILES string of the molecule is CCCc1ccc2c(OC)cc(-c3ccccc3)nc2c1. The quantitative estimate of drug-likeness (QED) is 0.679. The Bertz CT molecular complexity index is 750. The number of methoxy groups -OCH3 is 1. The molecule has 3 aromatic rings. The highest BCUT2D eigenvalue weighted by Gasteiger charge is 2.08. The lowest BCUT2D eigenvalue weighted by atomic mass is 10.0. The van der Waals surface area contributed by atoms with E-state index in [4.69, 9.17) is 9.72 Å². The third-order valence-electron chi connectivity index (χ3n) is 3.66. The van der Waals surface area contributed by atoms with Gasteiger partial charge in [0, 0.05) is 17.0 Å². The van der Waals surface area contributed by atoms with Crippen molar-refractivity contribution < 1.29 is 4.74 Å². The molecule has 0 aliphatic heterocycles. The minimum absolute atomic E-state index is 0.877. The minimum Gasteiger partial charge on any atom is -0.496 e. The smallest absolute Gasteiger partial charge is 0.130 e.